The van der Waals surface area contributed by atoms with Crippen LogP contribution in [-0.2, 0) is 23.1 Å². The first kappa shape index (κ1) is 12.8. The SMILES string of the molecule is O=S(=O)(c1cncc(Br)c1)N1Cc2ccccc2C1. The van der Waals surface area contributed by atoms with Gasteiger partial charge in [0.25, 0.3) is 0 Å². The van der Waals surface area contributed by atoms with Gasteiger partial charge in [-0.2, -0.15) is 4.31 Å². The average molecular weight is 339 g/mol. The van der Waals surface area contributed by atoms with Gasteiger partial charge in [0.2, 0.25) is 10.0 Å². The number of nitrogens with zero attached hydrogens (tertiary/aromatic N) is 2. The predicted octanol–water partition coefficient (Wildman–Crippen LogP) is 2.55. The van der Waals surface area contributed by atoms with E-state index in [0.717, 1.165) is 11.1 Å². The van der Waals surface area contributed by atoms with Crippen LogP contribution < -0.4 is 0 Å². The second-order valence-electron chi connectivity index (χ2n) is 4.38. The number of halogens is 1. The van der Waals surface area contributed by atoms with E-state index >= 15 is 0 Å². The number of hydrogen-bond acceptors (Lipinski definition) is 3. The molecule has 0 bridgehead atoms. The van der Waals surface area contributed by atoms with Crippen LogP contribution in [0.5, 0.6) is 0 Å². The van der Waals surface area contributed by atoms with Gasteiger partial charge in [0.1, 0.15) is 4.90 Å². The van der Waals surface area contributed by atoms with E-state index in [-0.39, 0.29) is 4.90 Å². The van der Waals surface area contributed by atoms with Gasteiger partial charge in [-0.25, -0.2) is 8.42 Å². The Kier molecular flexibility index (Phi) is 3.16. The van der Waals surface area contributed by atoms with E-state index in [1.54, 1.807) is 12.3 Å². The van der Waals surface area contributed by atoms with Gasteiger partial charge in [0.15, 0.2) is 0 Å². The van der Waals surface area contributed by atoms with Crippen LogP contribution in [0, 0.1) is 0 Å². The Labute approximate surface area is 120 Å². The van der Waals surface area contributed by atoms with Crippen molar-refractivity contribution in [3.8, 4) is 0 Å². The van der Waals surface area contributed by atoms with Crippen molar-refractivity contribution >= 4 is 26.0 Å². The van der Waals surface area contributed by atoms with E-state index in [2.05, 4.69) is 20.9 Å². The maximum Gasteiger partial charge on any atom is 0.245 e. The fourth-order valence-electron chi connectivity index (χ4n) is 2.15. The first-order valence-electron chi connectivity index (χ1n) is 5.75. The van der Waals surface area contributed by atoms with Gasteiger partial charge in [-0.15, -0.1) is 0 Å². The van der Waals surface area contributed by atoms with Crippen LogP contribution in [0.1, 0.15) is 11.1 Å². The fraction of sp³-hybridized carbons (Fsp3) is 0.154. The Bertz CT molecular complexity index is 706. The van der Waals surface area contributed by atoms with E-state index in [1.807, 2.05) is 24.3 Å². The highest BCUT2D eigenvalue weighted by Crippen LogP contribution is 2.28. The minimum atomic E-state index is -3.49. The summed E-state index contributed by atoms with van der Waals surface area (Å²) in [5.74, 6) is 0. The first-order chi connectivity index (χ1) is 9.07. The molecule has 0 radical (unpaired) electrons. The molecule has 0 N–H and O–H groups in total. The molecule has 3 rings (SSSR count). The average Bonchev–Trinajstić information content (AvgIpc) is 2.83. The summed E-state index contributed by atoms with van der Waals surface area (Å²) in [6, 6.07) is 9.35. The van der Waals surface area contributed by atoms with Crippen molar-refractivity contribution in [1.82, 2.24) is 9.29 Å². The Morgan fingerprint density at radius 2 is 1.74 bits per heavy atom. The second kappa shape index (κ2) is 4.70. The minimum absolute atomic E-state index is 0.217. The number of pyridine rings is 1. The molecule has 1 aliphatic heterocycles. The van der Waals surface area contributed by atoms with Gasteiger partial charge in [-0.1, -0.05) is 24.3 Å². The summed E-state index contributed by atoms with van der Waals surface area (Å²) < 4.78 is 27.2. The van der Waals surface area contributed by atoms with Crippen LogP contribution in [0.2, 0.25) is 0 Å². The lowest BCUT2D eigenvalue weighted by atomic mass is 10.1. The topological polar surface area (TPSA) is 50.3 Å². The number of benzene rings is 1. The molecule has 2 heterocycles. The van der Waals surface area contributed by atoms with Crippen LogP contribution in [0.3, 0.4) is 0 Å². The quantitative estimate of drug-likeness (QED) is 0.845. The van der Waals surface area contributed by atoms with Gasteiger partial charge < -0.3 is 0 Å². The van der Waals surface area contributed by atoms with E-state index in [0.29, 0.717) is 17.6 Å². The van der Waals surface area contributed by atoms with Crippen molar-refractivity contribution in [2.45, 2.75) is 18.0 Å². The molecule has 0 fully saturated rings. The summed E-state index contributed by atoms with van der Waals surface area (Å²) in [5.41, 5.74) is 2.13. The summed E-state index contributed by atoms with van der Waals surface area (Å²) in [6.45, 7) is 0.843. The Morgan fingerprint density at radius 1 is 1.11 bits per heavy atom. The summed E-state index contributed by atoms with van der Waals surface area (Å²) in [5, 5.41) is 0. The monoisotopic (exact) mass is 338 g/mol. The third-order valence-electron chi connectivity index (χ3n) is 3.13. The van der Waals surface area contributed by atoms with Crippen molar-refractivity contribution < 1.29 is 8.42 Å². The van der Waals surface area contributed by atoms with Crippen LogP contribution >= 0.6 is 15.9 Å². The third kappa shape index (κ3) is 2.31. The predicted molar refractivity (Wildman–Crippen MR) is 74.8 cm³/mol. The number of rotatable bonds is 2. The van der Waals surface area contributed by atoms with Crippen LogP contribution in [0.25, 0.3) is 0 Å². The lowest BCUT2D eigenvalue weighted by molar-refractivity contribution is 0.431. The molecular weight excluding hydrogens is 328 g/mol. The number of hydrogen-bond donors (Lipinski definition) is 0. The molecule has 19 heavy (non-hydrogen) atoms. The molecule has 1 aromatic carbocycles. The summed E-state index contributed by atoms with van der Waals surface area (Å²) in [4.78, 5) is 4.14. The summed E-state index contributed by atoms with van der Waals surface area (Å²) in [6.07, 6.45) is 2.95. The fourth-order valence-corrected chi connectivity index (χ4v) is 4.06. The summed E-state index contributed by atoms with van der Waals surface area (Å²) in [7, 11) is -3.49. The molecule has 0 spiro atoms. The van der Waals surface area contributed by atoms with Crippen LogP contribution in [0.15, 0.2) is 52.1 Å². The highest BCUT2D eigenvalue weighted by molar-refractivity contribution is 9.10. The highest BCUT2D eigenvalue weighted by atomic mass is 79.9. The number of fused-ring (bicyclic) bond motifs is 1. The zero-order chi connectivity index (χ0) is 13.5. The van der Waals surface area contributed by atoms with Crippen molar-refractivity contribution in [1.29, 1.82) is 0 Å². The van der Waals surface area contributed by atoms with Crippen molar-refractivity contribution in [2.24, 2.45) is 0 Å². The van der Waals surface area contributed by atoms with Gasteiger partial charge in [0, 0.05) is 30.0 Å². The van der Waals surface area contributed by atoms with Gasteiger partial charge in [-0.05, 0) is 33.1 Å². The van der Waals surface area contributed by atoms with Crippen LogP contribution in [-0.4, -0.2) is 17.7 Å². The minimum Gasteiger partial charge on any atom is -0.262 e. The van der Waals surface area contributed by atoms with Gasteiger partial charge >= 0.3 is 0 Å². The lowest BCUT2D eigenvalue weighted by Gasteiger charge is -2.15. The largest absolute Gasteiger partial charge is 0.262 e. The zero-order valence-electron chi connectivity index (χ0n) is 9.95. The molecule has 2 aromatic rings. The normalized spacial score (nSPS) is 15.4. The van der Waals surface area contributed by atoms with Crippen molar-refractivity contribution in [3.63, 3.8) is 0 Å². The van der Waals surface area contributed by atoms with Crippen molar-refractivity contribution in [2.75, 3.05) is 0 Å². The molecule has 0 unspecified atom stereocenters. The zero-order valence-corrected chi connectivity index (χ0v) is 12.4. The molecule has 6 heteroatoms. The van der Waals surface area contributed by atoms with E-state index in [4.69, 9.17) is 0 Å². The number of sulfonamides is 1. The molecule has 1 aliphatic rings. The van der Waals surface area contributed by atoms with Gasteiger partial charge in [0.05, 0.1) is 0 Å². The molecule has 0 aliphatic carbocycles. The summed E-state index contributed by atoms with van der Waals surface area (Å²) >= 11 is 3.25. The van der Waals surface area contributed by atoms with Gasteiger partial charge in [-0.3, -0.25) is 4.98 Å². The maximum atomic E-state index is 12.5. The molecule has 0 saturated heterocycles. The maximum absolute atomic E-state index is 12.5. The molecule has 1 aromatic heterocycles. The Hall–Kier alpha value is -1.24. The lowest BCUT2D eigenvalue weighted by Crippen LogP contribution is -2.25. The van der Waals surface area contributed by atoms with E-state index in [1.165, 1.54) is 10.5 Å². The second-order valence-corrected chi connectivity index (χ2v) is 7.23. The first-order valence-corrected chi connectivity index (χ1v) is 7.98. The molecular formula is C13H11BrN2O2S. The molecule has 0 saturated carbocycles. The Balaban J connectivity index is 1.96. The van der Waals surface area contributed by atoms with Crippen molar-refractivity contribution in [3.05, 3.63) is 58.3 Å². The highest BCUT2D eigenvalue weighted by Gasteiger charge is 2.30. The van der Waals surface area contributed by atoms with E-state index in [9.17, 15) is 8.42 Å². The standard InChI is InChI=1S/C13H11BrN2O2S/c14-12-5-13(7-15-6-12)19(17,18)16-8-10-3-1-2-4-11(10)9-16/h1-7H,8-9H2. The Morgan fingerprint density at radius 3 is 2.32 bits per heavy atom. The smallest absolute Gasteiger partial charge is 0.245 e. The molecule has 98 valence electrons. The molecule has 4 nitrogen and oxygen atoms in total. The molecule has 0 amide bonds. The third-order valence-corrected chi connectivity index (χ3v) is 5.32. The molecule has 0 atom stereocenters. The number of aromatic nitrogens is 1. The van der Waals surface area contributed by atoms with E-state index < -0.39 is 10.0 Å². The van der Waals surface area contributed by atoms with Crippen LogP contribution in [0.4, 0.5) is 0 Å².